The number of carbonyl (C=O) groups is 1. The van der Waals surface area contributed by atoms with Crippen LogP contribution in [-0.4, -0.2) is 20.8 Å². The summed E-state index contributed by atoms with van der Waals surface area (Å²) in [5.41, 5.74) is 4.17. The Morgan fingerprint density at radius 3 is 2.62 bits per heavy atom. The van der Waals surface area contributed by atoms with Crippen LogP contribution in [0.25, 0.3) is 0 Å². The largest absolute Gasteiger partial charge is 0.389 e. The predicted octanol–water partition coefficient (Wildman–Crippen LogP) is 2.27. The van der Waals surface area contributed by atoms with Gasteiger partial charge in [0, 0.05) is 29.6 Å². The molecule has 2 N–H and O–H groups in total. The number of rotatable bonds is 4. The first-order chi connectivity index (χ1) is 9.90. The first-order valence-corrected chi connectivity index (χ1v) is 6.96. The van der Waals surface area contributed by atoms with E-state index in [-0.39, 0.29) is 12.3 Å². The van der Waals surface area contributed by atoms with E-state index in [0.29, 0.717) is 11.3 Å². The molecule has 1 aromatic heterocycles. The van der Waals surface area contributed by atoms with Crippen LogP contribution in [0.1, 0.15) is 35.5 Å². The fraction of sp³-hybridized carbons (Fsp3) is 0.375. The molecule has 0 aliphatic rings. The lowest BCUT2D eigenvalue weighted by molar-refractivity contribution is -0.115. The van der Waals surface area contributed by atoms with Gasteiger partial charge in [0.25, 0.3) is 0 Å². The topological polar surface area (TPSA) is 67.2 Å². The summed E-state index contributed by atoms with van der Waals surface area (Å²) in [4.78, 5) is 12.2. The Morgan fingerprint density at radius 1 is 1.38 bits per heavy atom. The van der Waals surface area contributed by atoms with Crippen LogP contribution in [0.15, 0.2) is 24.3 Å². The van der Waals surface area contributed by atoms with Crippen LogP contribution < -0.4 is 5.32 Å². The number of aromatic nitrogens is 2. The lowest BCUT2D eigenvalue weighted by Gasteiger charge is -2.13. The van der Waals surface area contributed by atoms with Crippen molar-refractivity contribution in [3.63, 3.8) is 0 Å². The van der Waals surface area contributed by atoms with E-state index in [1.165, 1.54) is 0 Å². The third-order valence-corrected chi connectivity index (χ3v) is 3.68. The van der Waals surface area contributed by atoms with E-state index in [1.54, 1.807) is 23.7 Å². The van der Waals surface area contributed by atoms with E-state index in [0.717, 1.165) is 17.0 Å². The van der Waals surface area contributed by atoms with Gasteiger partial charge < -0.3 is 10.4 Å². The number of amides is 1. The number of aliphatic hydroxyl groups excluding tert-OH is 1. The van der Waals surface area contributed by atoms with Gasteiger partial charge in [0.05, 0.1) is 18.2 Å². The van der Waals surface area contributed by atoms with Gasteiger partial charge in [0.1, 0.15) is 0 Å². The number of nitrogens with one attached hydrogen (secondary N) is 1. The number of carbonyl (C=O) groups excluding carboxylic acids is 1. The van der Waals surface area contributed by atoms with Gasteiger partial charge in [-0.15, -0.1) is 0 Å². The normalized spacial score (nSPS) is 12.2. The molecule has 1 unspecified atom stereocenters. The van der Waals surface area contributed by atoms with E-state index in [9.17, 15) is 9.90 Å². The lowest BCUT2D eigenvalue weighted by atomic mass is 10.1. The van der Waals surface area contributed by atoms with Crippen LogP contribution in [0, 0.1) is 13.8 Å². The van der Waals surface area contributed by atoms with Gasteiger partial charge in [-0.1, -0.05) is 18.2 Å². The van der Waals surface area contributed by atoms with E-state index in [4.69, 9.17) is 0 Å². The van der Waals surface area contributed by atoms with Crippen LogP contribution >= 0.6 is 0 Å². The highest BCUT2D eigenvalue weighted by Crippen LogP contribution is 2.22. The Morgan fingerprint density at radius 2 is 2.05 bits per heavy atom. The van der Waals surface area contributed by atoms with Crippen LogP contribution in [-0.2, 0) is 18.3 Å². The van der Waals surface area contributed by atoms with Crippen LogP contribution in [0.2, 0.25) is 0 Å². The summed E-state index contributed by atoms with van der Waals surface area (Å²) in [7, 11) is 1.87. The van der Waals surface area contributed by atoms with Crippen LogP contribution in [0.3, 0.4) is 0 Å². The maximum Gasteiger partial charge on any atom is 0.228 e. The van der Waals surface area contributed by atoms with E-state index in [1.807, 2.05) is 33.0 Å². The summed E-state index contributed by atoms with van der Waals surface area (Å²) in [6, 6.07) is 7.28. The molecule has 5 heteroatoms. The monoisotopic (exact) mass is 287 g/mol. The second kappa shape index (κ2) is 6.10. The van der Waals surface area contributed by atoms with Crippen molar-refractivity contribution in [1.29, 1.82) is 0 Å². The molecule has 2 aromatic rings. The number of nitrogens with zero attached hydrogens (tertiary/aromatic N) is 2. The molecule has 5 nitrogen and oxygen atoms in total. The summed E-state index contributed by atoms with van der Waals surface area (Å²) >= 11 is 0. The fourth-order valence-corrected chi connectivity index (χ4v) is 2.40. The average Bonchev–Trinajstić information content (AvgIpc) is 2.66. The first kappa shape index (κ1) is 15.3. The number of para-hydroxylation sites is 1. The van der Waals surface area contributed by atoms with Crippen molar-refractivity contribution >= 4 is 11.6 Å². The molecule has 0 saturated carbocycles. The third kappa shape index (κ3) is 3.31. The van der Waals surface area contributed by atoms with Gasteiger partial charge in [-0.3, -0.25) is 9.48 Å². The van der Waals surface area contributed by atoms with Gasteiger partial charge in [-0.2, -0.15) is 5.10 Å². The third-order valence-electron chi connectivity index (χ3n) is 3.68. The number of hydrogen-bond acceptors (Lipinski definition) is 3. The highest BCUT2D eigenvalue weighted by atomic mass is 16.3. The average molecular weight is 287 g/mol. The molecule has 0 saturated heterocycles. The Kier molecular flexibility index (Phi) is 4.43. The number of anilines is 1. The van der Waals surface area contributed by atoms with Gasteiger partial charge in [-0.25, -0.2) is 0 Å². The molecule has 1 atom stereocenters. The minimum Gasteiger partial charge on any atom is -0.389 e. The zero-order valence-electron chi connectivity index (χ0n) is 12.8. The molecular weight excluding hydrogens is 266 g/mol. The SMILES string of the molecule is Cc1nn(C)c(C)c1CC(=O)Nc1ccccc1C(C)O. The number of benzene rings is 1. The molecule has 1 heterocycles. The van der Waals surface area contributed by atoms with Crippen molar-refractivity contribution in [3.8, 4) is 0 Å². The van der Waals surface area contributed by atoms with Crippen molar-refractivity contribution in [2.75, 3.05) is 5.32 Å². The van der Waals surface area contributed by atoms with Gasteiger partial charge in [0.2, 0.25) is 5.91 Å². The highest BCUT2D eigenvalue weighted by molar-refractivity contribution is 5.93. The zero-order valence-corrected chi connectivity index (χ0v) is 12.8. The van der Waals surface area contributed by atoms with Crippen molar-refractivity contribution in [2.24, 2.45) is 7.05 Å². The number of aliphatic hydroxyl groups is 1. The van der Waals surface area contributed by atoms with Crippen molar-refractivity contribution < 1.29 is 9.90 Å². The quantitative estimate of drug-likeness (QED) is 0.906. The molecule has 112 valence electrons. The number of aryl methyl sites for hydroxylation is 2. The van der Waals surface area contributed by atoms with Crippen LogP contribution in [0.5, 0.6) is 0 Å². The summed E-state index contributed by atoms with van der Waals surface area (Å²) in [5.74, 6) is -0.109. The summed E-state index contributed by atoms with van der Waals surface area (Å²) in [6.45, 7) is 5.53. The molecule has 0 bridgehead atoms. The maximum atomic E-state index is 12.2. The van der Waals surface area contributed by atoms with Crippen LogP contribution in [0.4, 0.5) is 5.69 Å². The van der Waals surface area contributed by atoms with Crippen molar-refractivity contribution in [2.45, 2.75) is 33.3 Å². The second-order valence-corrected chi connectivity index (χ2v) is 5.26. The standard InChI is InChI=1S/C16H21N3O2/c1-10-14(11(2)19(4)18-10)9-16(21)17-15-8-6-5-7-13(15)12(3)20/h5-8,12,20H,9H2,1-4H3,(H,17,21). The smallest absolute Gasteiger partial charge is 0.228 e. The van der Waals surface area contributed by atoms with Gasteiger partial charge in [0.15, 0.2) is 0 Å². The van der Waals surface area contributed by atoms with E-state index >= 15 is 0 Å². The Hall–Kier alpha value is -2.14. The molecule has 1 amide bonds. The summed E-state index contributed by atoms with van der Waals surface area (Å²) < 4.78 is 1.78. The van der Waals surface area contributed by atoms with E-state index in [2.05, 4.69) is 10.4 Å². The Labute approximate surface area is 124 Å². The summed E-state index contributed by atoms with van der Waals surface area (Å²) in [6.07, 6.45) is -0.344. The minimum atomic E-state index is -0.622. The molecular formula is C16H21N3O2. The van der Waals surface area contributed by atoms with E-state index < -0.39 is 6.10 Å². The predicted molar refractivity (Wildman–Crippen MR) is 82.1 cm³/mol. The molecule has 0 aliphatic carbocycles. The van der Waals surface area contributed by atoms with Crippen molar-refractivity contribution in [1.82, 2.24) is 9.78 Å². The van der Waals surface area contributed by atoms with Gasteiger partial charge >= 0.3 is 0 Å². The van der Waals surface area contributed by atoms with Crippen molar-refractivity contribution in [3.05, 3.63) is 46.8 Å². The molecule has 0 fully saturated rings. The molecule has 0 radical (unpaired) electrons. The molecule has 0 spiro atoms. The zero-order chi connectivity index (χ0) is 15.6. The Bertz CT molecular complexity index is 660. The molecule has 0 aliphatic heterocycles. The highest BCUT2D eigenvalue weighted by Gasteiger charge is 2.15. The lowest BCUT2D eigenvalue weighted by Crippen LogP contribution is -2.17. The minimum absolute atomic E-state index is 0.109. The van der Waals surface area contributed by atoms with Gasteiger partial charge in [-0.05, 0) is 26.8 Å². The molecule has 1 aromatic carbocycles. The molecule has 2 rings (SSSR count). The molecule has 21 heavy (non-hydrogen) atoms. The first-order valence-electron chi connectivity index (χ1n) is 6.96. The number of hydrogen-bond donors (Lipinski definition) is 2. The Balaban J connectivity index is 2.16. The fourth-order valence-electron chi connectivity index (χ4n) is 2.40. The second-order valence-electron chi connectivity index (χ2n) is 5.26. The maximum absolute atomic E-state index is 12.2. The summed E-state index contributed by atoms with van der Waals surface area (Å²) in [5, 5.41) is 16.9.